The van der Waals surface area contributed by atoms with Gasteiger partial charge in [-0.1, -0.05) is 29.8 Å². The van der Waals surface area contributed by atoms with Crippen molar-refractivity contribution in [3.63, 3.8) is 0 Å². The third-order valence-electron chi connectivity index (χ3n) is 4.79. The van der Waals surface area contributed by atoms with Crippen LogP contribution in [0.25, 0.3) is 0 Å². The molecule has 1 heterocycles. The summed E-state index contributed by atoms with van der Waals surface area (Å²) in [6, 6.07) is 11.5. The zero-order valence-corrected chi connectivity index (χ0v) is 16.3. The maximum absolute atomic E-state index is 12.2. The quantitative estimate of drug-likeness (QED) is 0.769. The lowest BCUT2D eigenvalue weighted by molar-refractivity contribution is -0.165. The van der Waals surface area contributed by atoms with Crippen molar-refractivity contribution in [2.45, 2.75) is 44.6 Å². The largest absolute Gasteiger partial charge is 0.464 e. The number of rotatable bonds is 4. The lowest BCUT2D eigenvalue weighted by Gasteiger charge is -2.53. The Kier molecular flexibility index (Phi) is 4.73. The van der Waals surface area contributed by atoms with Gasteiger partial charge in [-0.05, 0) is 62.8 Å². The molecule has 3 nitrogen and oxygen atoms in total. The van der Waals surface area contributed by atoms with E-state index in [0.29, 0.717) is 17.9 Å². The van der Waals surface area contributed by atoms with E-state index in [1.807, 2.05) is 62.5 Å². The van der Waals surface area contributed by atoms with E-state index in [0.717, 1.165) is 10.4 Å². The SMILES string of the molecule is CC(C)(C)C(=O)OCC1(c2ccc(Cl)cc2)CC(O)(c2cccs2)C1. The van der Waals surface area contributed by atoms with Gasteiger partial charge in [0.05, 0.1) is 5.41 Å². The normalized spacial score (nSPS) is 26.1. The molecule has 0 bridgehead atoms. The molecule has 1 saturated carbocycles. The highest BCUT2D eigenvalue weighted by molar-refractivity contribution is 7.10. The summed E-state index contributed by atoms with van der Waals surface area (Å²) in [4.78, 5) is 13.2. The fourth-order valence-corrected chi connectivity index (χ4v) is 4.35. The first-order chi connectivity index (χ1) is 11.6. The highest BCUT2D eigenvalue weighted by Crippen LogP contribution is 2.56. The zero-order chi connectivity index (χ0) is 18.3. The van der Waals surface area contributed by atoms with Gasteiger partial charge in [0, 0.05) is 15.3 Å². The van der Waals surface area contributed by atoms with Crippen molar-refractivity contribution < 1.29 is 14.6 Å². The summed E-state index contributed by atoms with van der Waals surface area (Å²) in [6.45, 7) is 5.78. The van der Waals surface area contributed by atoms with Crippen LogP contribution in [0.5, 0.6) is 0 Å². The van der Waals surface area contributed by atoms with Crippen LogP contribution in [0.2, 0.25) is 5.02 Å². The van der Waals surface area contributed by atoms with Gasteiger partial charge in [-0.25, -0.2) is 0 Å². The first kappa shape index (κ1) is 18.4. The molecule has 0 unspecified atom stereocenters. The van der Waals surface area contributed by atoms with Crippen LogP contribution < -0.4 is 0 Å². The van der Waals surface area contributed by atoms with E-state index < -0.39 is 11.0 Å². The minimum absolute atomic E-state index is 0.229. The lowest BCUT2D eigenvalue weighted by Crippen LogP contribution is -2.55. The Morgan fingerprint density at radius 2 is 1.88 bits per heavy atom. The number of ether oxygens (including phenoxy) is 1. The summed E-state index contributed by atoms with van der Waals surface area (Å²) in [6.07, 6.45) is 1.05. The van der Waals surface area contributed by atoms with Gasteiger partial charge in [-0.3, -0.25) is 4.79 Å². The third-order valence-corrected chi connectivity index (χ3v) is 6.11. The van der Waals surface area contributed by atoms with Crippen LogP contribution in [0, 0.1) is 5.41 Å². The van der Waals surface area contributed by atoms with E-state index in [2.05, 4.69) is 0 Å². The van der Waals surface area contributed by atoms with E-state index in [1.165, 1.54) is 0 Å². The van der Waals surface area contributed by atoms with E-state index in [-0.39, 0.29) is 18.0 Å². The van der Waals surface area contributed by atoms with E-state index in [1.54, 1.807) is 11.3 Å². The molecule has 0 aliphatic heterocycles. The van der Waals surface area contributed by atoms with Gasteiger partial charge in [0.25, 0.3) is 0 Å². The fourth-order valence-electron chi connectivity index (χ4n) is 3.40. The molecule has 1 aliphatic carbocycles. The number of hydrogen-bond acceptors (Lipinski definition) is 4. The second-order valence-corrected chi connectivity index (χ2v) is 9.36. The Hall–Kier alpha value is -1.36. The fraction of sp³-hybridized carbons (Fsp3) is 0.450. The molecule has 0 radical (unpaired) electrons. The van der Waals surface area contributed by atoms with Gasteiger partial charge in [-0.15, -0.1) is 11.3 Å². The lowest BCUT2D eigenvalue weighted by atomic mass is 9.56. The molecule has 1 N–H and O–H groups in total. The first-order valence-electron chi connectivity index (χ1n) is 8.34. The molecule has 0 atom stereocenters. The van der Waals surface area contributed by atoms with Crippen LogP contribution in [0.3, 0.4) is 0 Å². The molecule has 3 rings (SSSR count). The molecule has 1 fully saturated rings. The molecule has 0 amide bonds. The Morgan fingerprint density at radius 3 is 2.40 bits per heavy atom. The van der Waals surface area contributed by atoms with Gasteiger partial charge >= 0.3 is 5.97 Å². The third kappa shape index (κ3) is 3.62. The van der Waals surface area contributed by atoms with E-state index in [9.17, 15) is 9.90 Å². The van der Waals surface area contributed by atoms with Crippen LogP contribution >= 0.6 is 22.9 Å². The van der Waals surface area contributed by atoms with E-state index in [4.69, 9.17) is 16.3 Å². The summed E-state index contributed by atoms with van der Waals surface area (Å²) >= 11 is 7.57. The minimum atomic E-state index is -0.859. The smallest absolute Gasteiger partial charge is 0.311 e. The number of halogens is 1. The predicted octanol–water partition coefficient (Wildman–Crippen LogP) is 4.91. The number of aliphatic hydroxyl groups is 1. The van der Waals surface area contributed by atoms with Gasteiger partial charge < -0.3 is 9.84 Å². The minimum Gasteiger partial charge on any atom is -0.464 e. The highest BCUT2D eigenvalue weighted by atomic mass is 35.5. The van der Waals surface area contributed by atoms with Crippen LogP contribution in [-0.2, 0) is 20.5 Å². The number of thiophene rings is 1. The Bertz CT molecular complexity index is 738. The molecule has 1 aromatic heterocycles. The summed E-state index contributed by atoms with van der Waals surface area (Å²) in [5, 5.41) is 13.6. The van der Waals surface area contributed by atoms with Crippen LogP contribution in [0.1, 0.15) is 44.1 Å². The molecular formula is C20H23ClO3S. The summed E-state index contributed by atoms with van der Waals surface area (Å²) in [5.74, 6) is -0.229. The number of carbonyl (C=O) groups is 1. The van der Waals surface area contributed by atoms with Crippen molar-refractivity contribution in [2.75, 3.05) is 6.61 Å². The van der Waals surface area contributed by atoms with Crippen LogP contribution in [-0.4, -0.2) is 17.7 Å². The van der Waals surface area contributed by atoms with Gasteiger partial charge in [0.2, 0.25) is 0 Å². The highest BCUT2D eigenvalue weighted by Gasteiger charge is 2.56. The number of hydrogen-bond donors (Lipinski definition) is 1. The average Bonchev–Trinajstić information content (AvgIpc) is 3.04. The topological polar surface area (TPSA) is 46.5 Å². The molecule has 5 heteroatoms. The first-order valence-corrected chi connectivity index (χ1v) is 9.60. The summed E-state index contributed by atoms with van der Waals surface area (Å²) < 4.78 is 5.63. The van der Waals surface area contributed by atoms with Gasteiger partial charge in [0.15, 0.2) is 0 Å². The molecule has 1 aliphatic rings. The molecule has 25 heavy (non-hydrogen) atoms. The van der Waals surface area contributed by atoms with Gasteiger partial charge in [0.1, 0.15) is 12.2 Å². The second kappa shape index (κ2) is 6.42. The molecule has 2 aromatic rings. The predicted molar refractivity (Wildman–Crippen MR) is 101 cm³/mol. The van der Waals surface area contributed by atoms with Crippen molar-refractivity contribution in [3.05, 3.63) is 57.2 Å². The van der Waals surface area contributed by atoms with Crippen molar-refractivity contribution in [1.82, 2.24) is 0 Å². The second-order valence-electron chi connectivity index (χ2n) is 7.98. The average molecular weight is 379 g/mol. The molecule has 0 saturated heterocycles. The molecule has 1 aromatic carbocycles. The molecule has 134 valence electrons. The van der Waals surface area contributed by atoms with Crippen LogP contribution in [0.15, 0.2) is 41.8 Å². The standard InChI is InChI=1S/C20H23ClO3S/c1-18(2,3)17(22)24-13-19(14-6-8-15(21)9-7-14)11-20(23,12-19)16-5-4-10-25-16/h4-10,23H,11-13H2,1-3H3. The molecule has 0 spiro atoms. The zero-order valence-electron chi connectivity index (χ0n) is 14.7. The maximum Gasteiger partial charge on any atom is 0.311 e. The number of esters is 1. The summed E-state index contributed by atoms with van der Waals surface area (Å²) in [5.41, 5.74) is -0.749. The Balaban J connectivity index is 1.84. The Labute approximate surface area is 157 Å². The monoisotopic (exact) mass is 378 g/mol. The van der Waals surface area contributed by atoms with Crippen molar-refractivity contribution in [1.29, 1.82) is 0 Å². The number of benzene rings is 1. The van der Waals surface area contributed by atoms with E-state index >= 15 is 0 Å². The van der Waals surface area contributed by atoms with Crippen molar-refractivity contribution >= 4 is 28.9 Å². The van der Waals surface area contributed by atoms with Crippen molar-refractivity contribution in [2.24, 2.45) is 5.41 Å². The molecular weight excluding hydrogens is 356 g/mol. The summed E-state index contributed by atoms with van der Waals surface area (Å²) in [7, 11) is 0. The van der Waals surface area contributed by atoms with Gasteiger partial charge in [-0.2, -0.15) is 0 Å². The number of carbonyl (C=O) groups excluding carboxylic acids is 1. The van der Waals surface area contributed by atoms with Crippen LogP contribution in [0.4, 0.5) is 0 Å². The van der Waals surface area contributed by atoms with Crippen molar-refractivity contribution in [3.8, 4) is 0 Å². The Morgan fingerprint density at radius 1 is 1.24 bits per heavy atom. The maximum atomic E-state index is 12.2.